The Balaban J connectivity index is 0.000000371. The molecule has 1 rings (SSSR count). The Morgan fingerprint density at radius 3 is 1.40 bits per heavy atom. The fourth-order valence-electron chi connectivity index (χ4n) is 0.559. The van der Waals surface area contributed by atoms with Crippen molar-refractivity contribution in [2.75, 3.05) is 0 Å². The van der Waals surface area contributed by atoms with Crippen LogP contribution < -0.4 is 0 Å². The standard InChI is InChI=1S/C5H8N2S.C2H6/c1-3-4(2)7-5(8)6-3;1-2/h1-2H3,(H2,6,7,8);1-2H3. The predicted molar refractivity (Wildman–Crippen MR) is 46.8 cm³/mol. The second kappa shape index (κ2) is 4.28. The minimum Gasteiger partial charge on any atom is -0.335 e. The van der Waals surface area contributed by atoms with Gasteiger partial charge in [0.25, 0.3) is 0 Å². The lowest BCUT2D eigenvalue weighted by Crippen LogP contribution is -1.71. The van der Waals surface area contributed by atoms with Crippen molar-refractivity contribution in [1.29, 1.82) is 0 Å². The third-order valence-electron chi connectivity index (χ3n) is 1.16. The second-order valence-corrected chi connectivity index (χ2v) is 2.24. The Kier molecular flexibility index (Phi) is 4.03. The first-order valence-electron chi connectivity index (χ1n) is 3.45. The van der Waals surface area contributed by atoms with Gasteiger partial charge in [0, 0.05) is 11.4 Å². The molecule has 0 aliphatic heterocycles. The van der Waals surface area contributed by atoms with Gasteiger partial charge in [0.1, 0.15) is 0 Å². The minimum atomic E-state index is 0.708. The molecule has 2 N–H and O–H groups in total. The van der Waals surface area contributed by atoms with E-state index in [0.717, 1.165) is 11.4 Å². The van der Waals surface area contributed by atoms with E-state index >= 15 is 0 Å². The molecule has 3 heteroatoms. The third-order valence-corrected chi connectivity index (χ3v) is 1.37. The first-order chi connectivity index (χ1) is 4.70. The van der Waals surface area contributed by atoms with Gasteiger partial charge in [-0.05, 0) is 26.1 Å². The first kappa shape index (κ1) is 9.43. The van der Waals surface area contributed by atoms with Crippen molar-refractivity contribution in [2.24, 2.45) is 0 Å². The number of aromatic nitrogens is 2. The molecule has 58 valence electrons. The maximum Gasteiger partial charge on any atom is 0.174 e. The number of rotatable bonds is 0. The summed E-state index contributed by atoms with van der Waals surface area (Å²) in [5.74, 6) is 0. The molecule has 0 unspecified atom stereocenters. The molecule has 1 aromatic heterocycles. The largest absolute Gasteiger partial charge is 0.335 e. The summed E-state index contributed by atoms with van der Waals surface area (Å²) in [6.07, 6.45) is 0. The molecule has 0 saturated heterocycles. The molecule has 0 amide bonds. The summed E-state index contributed by atoms with van der Waals surface area (Å²) in [5, 5.41) is 0. The van der Waals surface area contributed by atoms with Crippen LogP contribution >= 0.6 is 12.2 Å². The van der Waals surface area contributed by atoms with Crippen LogP contribution in [0, 0.1) is 18.6 Å². The van der Waals surface area contributed by atoms with E-state index in [-0.39, 0.29) is 0 Å². The van der Waals surface area contributed by atoms with Crippen molar-refractivity contribution < 1.29 is 0 Å². The van der Waals surface area contributed by atoms with Crippen LogP contribution in [0.3, 0.4) is 0 Å². The minimum absolute atomic E-state index is 0.708. The van der Waals surface area contributed by atoms with Gasteiger partial charge in [0.05, 0.1) is 0 Å². The van der Waals surface area contributed by atoms with Gasteiger partial charge >= 0.3 is 0 Å². The number of aryl methyl sites for hydroxylation is 2. The lowest BCUT2D eigenvalue weighted by atomic mass is 10.4. The lowest BCUT2D eigenvalue weighted by molar-refractivity contribution is 1.22. The molecule has 0 bridgehead atoms. The molecule has 0 radical (unpaired) electrons. The van der Waals surface area contributed by atoms with E-state index in [1.54, 1.807) is 0 Å². The highest BCUT2D eigenvalue weighted by Crippen LogP contribution is 1.97. The summed E-state index contributed by atoms with van der Waals surface area (Å²) in [6.45, 7) is 7.98. The molecule has 0 atom stereocenters. The molecule has 0 aliphatic rings. The van der Waals surface area contributed by atoms with Crippen LogP contribution in [0.2, 0.25) is 0 Å². The normalized spacial score (nSPS) is 8.40. The second-order valence-electron chi connectivity index (χ2n) is 1.83. The molecule has 10 heavy (non-hydrogen) atoms. The van der Waals surface area contributed by atoms with Crippen molar-refractivity contribution in [3.05, 3.63) is 16.2 Å². The highest BCUT2D eigenvalue weighted by molar-refractivity contribution is 7.71. The first-order valence-corrected chi connectivity index (χ1v) is 3.86. The number of H-pyrrole nitrogens is 2. The summed E-state index contributed by atoms with van der Waals surface area (Å²) in [6, 6.07) is 0. The smallest absolute Gasteiger partial charge is 0.174 e. The van der Waals surface area contributed by atoms with Crippen LogP contribution in [0.5, 0.6) is 0 Å². The zero-order chi connectivity index (χ0) is 8.15. The van der Waals surface area contributed by atoms with Gasteiger partial charge in [-0.2, -0.15) is 0 Å². The topological polar surface area (TPSA) is 31.6 Å². The number of aromatic amines is 2. The summed E-state index contributed by atoms with van der Waals surface area (Å²) < 4.78 is 0.708. The highest BCUT2D eigenvalue weighted by atomic mass is 32.1. The fourth-order valence-corrected chi connectivity index (χ4v) is 0.866. The van der Waals surface area contributed by atoms with Crippen LogP contribution in [-0.4, -0.2) is 9.97 Å². The fraction of sp³-hybridized carbons (Fsp3) is 0.571. The van der Waals surface area contributed by atoms with Gasteiger partial charge in [-0.25, -0.2) is 0 Å². The molecule has 0 fully saturated rings. The van der Waals surface area contributed by atoms with Crippen LogP contribution in [0.15, 0.2) is 0 Å². The van der Waals surface area contributed by atoms with Crippen molar-refractivity contribution in [3.8, 4) is 0 Å². The third kappa shape index (κ3) is 2.35. The summed E-state index contributed by atoms with van der Waals surface area (Å²) in [7, 11) is 0. The molecule has 1 aromatic rings. The Bertz CT molecular complexity index is 211. The molecular formula is C7H14N2S. The molecule has 0 aromatic carbocycles. The van der Waals surface area contributed by atoms with Crippen LogP contribution in [0.25, 0.3) is 0 Å². The number of imidazole rings is 1. The van der Waals surface area contributed by atoms with Crippen molar-refractivity contribution in [2.45, 2.75) is 27.7 Å². The van der Waals surface area contributed by atoms with Crippen molar-refractivity contribution >= 4 is 12.2 Å². The molecular weight excluding hydrogens is 144 g/mol. The Morgan fingerprint density at radius 2 is 1.30 bits per heavy atom. The van der Waals surface area contributed by atoms with Crippen LogP contribution in [-0.2, 0) is 0 Å². The molecule has 1 heterocycles. The monoisotopic (exact) mass is 158 g/mol. The molecule has 2 nitrogen and oxygen atoms in total. The SMILES string of the molecule is CC.Cc1[nH]c(=S)[nH]c1C. The maximum absolute atomic E-state index is 4.81. The Hall–Kier alpha value is -0.570. The van der Waals surface area contributed by atoms with E-state index in [1.165, 1.54) is 0 Å². The van der Waals surface area contributed by atoms with Crippen molar-refractivity contribution in [1.82, 2.24) is 9.97 Å². The van der Waals surface area contributed by atoms with E-state index < -0.39 is 0 Å². The highest BCUT2D eigenvalue weighted by Gasteiger charge is 1.89. The summed E-state index contributed by atoms with van der Waals surface area (Å²) in [4.78, 5) is 5.93. The number of hydrogen-bond acceptors (Lipinski definition) is 1. The van der Waals surface area contributed by atoms with E-state index in [0.29, 0.717) is 4.77 Å². The molecule has 0 saturated carbocycles. The van der Waals surface area contributed by atoms with Gasteiger partial charge < -0.3 is 9.97 Å². The van der Waals surface area contributed by atoms with Gasteiger partial charge in [0.2, 0.25) is 0 Å². The summed E-state index contributed by atoms with van der Waals surface area (Å²) in [5.41, 5.74) is 2.24. The van der Waals surface area contributed by atoms with Crippen LogP contribution in [0.1, 0.15) is 25.2 Å². The van der Waals surface area contributed by atoms with Gasteiger partial charge in [-0.1, -0.05) is 13.8 Å². The zero-order valence-corrected chi connectivity index (χ0v) is 7.72. The molecule has 0 spiro atoms. The summed E-state index contributed by atoms with van der Waals surface area (Å²) >= 11 is 4.81. The average Bonchev–Trinajstić information content (AvgIpc) is 2.16. The van der Waals surface area contributed by atoms with E-state index in [2.05, 4.69) is 9.97 Å². The number of nitrogens with one attached hydrogen (secondary N) is 2. The molecule has 0 aliphatic carbocycles. The maximum atomic E-state index is 4.81. The van der Waals surface area contributed by atoms with Crippen molar-refractivity contribution in [3.63, 3.8) is 0 Å². The predicted octanol–water partition coefficient (Wildman–Crippen LogP) is 2.72. The quantitative estimate of drug-likeness (QED) is 0.559. The van der Waals surface area contributed by atoms with Crippen LogP contribution in [0.4, 0.5) is 0 Å². The van der Waals surface area contributed by atoms with Gasteiger partial charge in [-0.3, -0.25) is 0 Å². The zero-order valence-electron chi connectivity index (χ0n) is 6.91. The Morgan fingerprint density at radius 1 is 1.00 bits per heavy atom. The van der Waals surface area contributed by atoms with Gasteiger partial charge in [-0.15, -0.1) is 0 Å². The number of hydrogen-bond donors (Lipinski definition) is 2. The van der Waals surface area contributed by atoms with E-state index in [9.17, 15) is 0 Å². The van der Waals surface area contributed by atoms with E-state index in [1.807, 2.05) is 27.7 Å². The van der Waals surface area contributed by atoms with Gasteiger partial charge in [0.15, 0.2) is 4.77 Å². The lowest BCUT2D eigenvalue weighted by Gasteiger charge is -1.80. The van der Waals surface area contributed by atoms with E-state index in [4.69, 9.17) is 12.2 Å². The average molecular weight is 158 g/mol. The Labute approximate surface area is 66.7 Å².